The minimum absolute atomic E-state index is 0.163. The largest absolute Gasteiger partial charge is 0.484 e. The van der Waals surface area contributed by atoms with Crippen LogP contribution >= 0.6 is 0 Å². The van der Waals surface area contributed by atoms with Crippen LogP contribution in [0.5, 0.6) is 17.2 Å². The van der Waals surface area contributed by atoms with Crippen LogP contribution in [-0.4, -0.2) is 34.0 Å². The van der Waals surface area contributed by atoms with Gasteiger partial charge in [-0.05, 0) is 47.5 Å². The first-order valence-corrected chi connectivity index (χ1v) is 12.1. The van der Waals surface area contributed by atoms with Gasteiger partial charge in [0.2, 0.25) is 16.8 Å². The van der Waals surface area contributed by atoms with Crippen LogP contribution in [0.1, 0.15) is 11.1 Å². The van der Waals surface area contributed by atoms with Crippen molar-refractivity contribution in [1.82, 2.24) is 5.32 Å². The molecule has 0 fully saturated rings. The van der Waals surface area contributed by atoms with Crippen molar-refractivity contribution in [3.8, 4) is 17.2 Å². The second kappa shape index (κ2) is 9.83. The van der Waals surface area contributed by atoms with E-state index in [1.807, 2.05) is 42.5 Å². The van der Waals surface area contributed by atoms with Gasteiger partial charge in [0.05, 0.1) is 18.5 Å². The minimum atomic E-state index is -3.48. The zero-order valence-electron chi connectivity index (χ0n) is 18.1. The summed E-state index contributed by atoms with van der Waals surface area (Å²) in [5.41, 5.74) is 2.28. The highest BCUT2D eigenvalue weighted by Crippen LogP contribution is 2.32. The summed E-state index contributed by atoms with van der Waals surface area (Å²) < 4.78 is 42.1. The number of amides is 1. The number of benzene rings is 3. The number of rotatable bonds is 9. The van der Waals surface area contributed by atoms with E-state index in [0.717, 1.165) is 11.1 Å². The Morgan fingerprint density at radius 2 is 1.70 bits per heavy atom. The maximum Gasteiger partial charge on any atom is 0.258 e. The molecule has 0 aliphatic carbocycles. The van der Waals surface area contributed by atoms with E-state index in [1.54, 1.807) is 30.3 Å². The average molecular weight is 469 g/mol. The summed E-state index contributed by atoms with van der Waals surface area (Å²) in [7, 11) is -3.48. The summed E-state index contributed by atoms with van der Waals surface area (Å²) in [6, 6.07) is 21.4. The van der Waals surface area contributed by atoms with Crippen LogP contribution < -0.4 is 23.8 Å². The van der Waals surface area contributed by atoms with Gasteiger partial charge in [0, 0.05) is 6.54 Å². The van der Waals surface area contributed by atoms with Crippen molar-refractivity contribution in [2.45, 2.75) is 13.1 Å². The standard InChI is InChI=1S/C24H24N2O6S/c1-33(28,29)26(15-18-5-3-2-4-6-18)20-8-10-21(11-9-20)30-16-24(27)25-14-19-7-12-22-23(13-19)32-17-31-22/h2-13H,14-17H2,1H3,(H,25,27). The molecule has 4 rings (SSSR count). The first-order chi connectivity index (χ1) is 15.9. The monoisotopic (exact) mass is 468 g/mol. The second-order valence-corrected chi connectivity index (χ2v) is 9.41. The van der Waals surface area contributed by atoms with Crippen molar-refractivity contribution in [3.63, 3.8) is 0 Å². The number of hydrogen-bond acceptors (Lipinski definition) is 6. The SMILES string of the molecule is CS(=O)(=O)N(Cc1ccccc1)c1ccc(OCC(=O)NCc2ccc3c(c2)OCO3)cc1. The molecule has 1 heterocycles. The molecule has 3 aromatic rings. The van der Waals surface area contributed by atoms with E-state index in [4.69, 9.17) is 14.2 Å². The summed E-state index contributed by atoms with van der Waals surface area (Å²) in [6.45, 7) is 0.596. The Balaban J connectivity index is 1.31. The molecule has 33 heavy (non-hydrogen) atoms. The van der Waals surface area contributed by atoms with Gasteiger partial charge in [0.25, 0.3) is 5.91 Å². The van der Waals surface area contributed by atoms with Crippen molar-refractivity contribution < 1.29 is 27.4 Å². The molecule has 0 radical (unpaired) electrons. The molecule has 8 nitrogen and oxygen atoms in total. The zero-order chi connectivity index (χ0) is 23.3. The number of fused-ring (bicyclic) bond motifs is 1. The Bertz CT molecular complexity index is 1210. The molecule has 3 aromatic carbocycles. The van der Waals surface area contributed by atoms with Crippen molar-refractivity contribution in [2.75, 3.05) is 24.0 Å². The summed E-state index contributed by atoms with van der Waals surface area (Å²) in [4.78, 5) is 12.2. The van der Waals surface area contributed by atoms with E-state index < -0.39 is 10.0 Å². The lowest BCUT2D eigenvalue weighted by Gasteiger charge is -2.22. The highest BCUT2D eigenvalue weighted by atomic mass is 32.2. The van der Waals surface area contributed by atoms with Gasteiger partial charge in [0.1, 0.15) is 5.75 Å². The molecule has 1 aliphatic heterocycles. The third kappa shape index (κ3) is 5.95. The highest BCUT2D eigenvalue weighted by molar-refractivity contribution is 7.92. The van der Waals surface area contributed by atoms with E-state index in [9.17, 15) is 13.2 Å². The number of nitrogens with zero attached hydrogens (tertiary/aromatic N) is 1. The van der Waals surface area contributed by atoms with Crippen molar-refractivity contribution in [2.24, 2.45) is 0 Å². The Kier molecular flexibility index (Phi) is 6.69. The lowest BCUT2D eigenvalue weighted by atomic mass is 10.2. The molecule has 1 amide bonds. The molecule has 1 N–H and O–H groups in total. The van der Waals surface area contributed by atoms with Gasteiger partial charge >= 0.3 is 0 Å². The summed E-state index contributed by atoms with van der Waals surface area (Å²) >= 11 is 0. The minimum Gasteiger partial charge on any atom is -0.484 e. The van der Waals surface area contributed by atoms with Crippen LogP contribution in [0.4, 0.5) is 5.69 Å². The summed E-state index contributed by atoms with van der Waals surface area (Å²) in [5, 5.41) is 2.79. The van der Waals surface area contributed by atoms with Gasteiger partial charge in [0.15, 0.2) is 18.1 Å². The number of nitrogens with one attached hydrogen (secondary N) is 1. The Hall–Kier alpha value is -3.72. The van der Waals surface area contributed by atoms with E-state index in [-0.39, 0.29) is 25.9 Å². The number of carbonyl (C=O) groups excluding carboxylic acids is 1. The van der Waals surface area contributed by atoms with Crippen LogP contribution in [0.25, 0.3) is 0 Å². The molecule has 0 atom stereocenters. The van der Waals surface area contributed by atoms with Gasteiger partial charge in [-0.1, -0.05) is 36.4 Å². The van der Waals surface area contributed by atoms with Crippen molar-refractivity contribution >= 4 is 21.6 Å². The van der Waals surface area contributed by atoms with Gasteiger partial charge in [-0.3, -0.25) is 9.10 Å². The van der Waals surface area contributed by atoms with Crippen molar-refractivity contribution in [3.05, 3.63) is 83.9 Å². The van der Waals surface area contributed by atoms with E-state index in [2.05, 4.69) is 5.32 Å². The van der Waals surface area contributed by atoms with Crippen LogP contribution in [0, 0.1) is 0 Å². The van der Waals surface area contributed by atoms with Gasteiger partial charge < -0.3 is 19.5 Å². The molecule has 0 aromatic heterocycles. The third-order valence-corrected chi connectivity index (χ3v) is 6.13. The predicted molar refractivity (Wildman–Crippen MR) is 124 cm³/mol. The molecular weight excluding hydrogens is 444 g/mol. The zero-order valence-corrected chi connectivity index (χ0v) is 18.9. The lowest BCUT2D eigenvalue weighted by Crippen LogP contribution is -2.29. The summed E-state index contributed by atoms with van der Waals surface area (Å²) in [6.07, 6.45) is 1.17. The quantitative estimate of drug-likeness (QED) is 0.519. The maximum absolute atomic E-state index is 12.3. The van der Waals surface area contributed by atoms with Gasteiger partial charge in [-0.25, -0.2) is 8.42 Å². The molecule has 0 saturated carbocycles. The van der Waals surface area contributed by atoms with Crippen LogP contribution in [0.3, 0.4) is 0 Å². The fraction of sp³-hybridized carbons (Fsp3) is 0.208. The van der Waals surface area contributed by atoms with Crippen LogP contribution in [0.2, 0.25) is 0 Å². The van der Waals surface area contributed by atoms with E-state index >= 15 is 0 Å². The van der Waals surface area contributed by atoms with Gasteiger partial charge in [-0.15, -0.1) is 0 Å². The Morgan fingerprint density at radius 1 is 0.970 bits per heavy atom. The smallest absolute Gasteiger partial charge is 0.258 e. The highest BCUT2D eigenvalue weighted by Gasteiger charge is 2.18. The first kappa shape index (κ1) is 22.5. The van der Waals surface area contributed by atoms with E-state index in [0.29, 0.717) is 29.5 Å². The third-order valence-electron chi connectivity index (χ3n) is 4.99. The van der Waals surface area contributed by atoms with E-state index in [1.165, 1.54) is 10.6 Å². The normalized spacial score (nSPS) is 12.3. The molecule has 0 unspecified atom stereocenters. The lowest BCUT2D eigenvalue weighted by molar-refractivity contribution is -0.123. The Labute approximate surface area is 192 Å². The fourth-order valence-electron chi connectivity index (χ4n) is 3.31. The molecule has 1 aliphatic rings. The average Bonchev–Trinajstić information content (AvgIpc) is 3.28. The summed E-state index contributed by atoms with van der Waals surface area (Å²) in [5.74, 6) is 1.53. The molecule has 9 heteroatoms. The molecule has 172 valence electrons. The molecule has 0 spiro atoms. The molecular formula is C24H24N2O6S. The van der Waals surface area contributed by atoms with Crippen molar-refractivity contribution in [1.29, 1.82) is 0 Å². The van der Waals surface area contributed by atoms with Crippen LogP contribution in [0.15, 0.2) is 72.8 Å². The number of hydrogen-bond donors (Lipinski definition) is 1. The first-order valence-electron chi connectivity index (χ1n) is 10.3. The predicted octanol–water partition coefficient (Wildman–Crippen LogP) is 3.08. The van der Waals surface area contributed by atoms with Gasteiger partial charge in [-0.2, -0.15) is 0 Å². The number of ether oxygens (including phenoxy) is 3. The number of sulfonamides is 1. The Morgan fingerprint density at radius 3 is 2.42 bits per heavy atom. The van der Waals surface area contributed by atoms with Crippen LogP contribution in [-0.2, 0) is 27.9 Å². The molecule has 0 saturated heterocycles. The molecule has 0 bridgehead atoms. The number of anilines is 1. The fourth-order valence-corrected chi connectivity index (χ4v) is 4.20. The number of carbonyl (C=O) groups is 1. The topological polar surface area (TPSA) is 94.2 Å². The maximum atomic E-state index is 12.3. The second-order valence-electron chi connectivity index (χ2n) is 7.50.